The summed E-state index contributed by atoms with van der Waals surface area (Å²) in [6, 6.07) is 6.38. The van der Waals surface area contributed by atoms with Gasteiger partial charge in [-0.15, -0.1) is 0 Å². The Balaban J connectivity index is 2.30. The van der Waals surface area contributed by atoms with E-state index in [1.54, 1.807) is 0 Å². The number of hydrogen-bond acceptors (Lipinski definition) is 2. The van der Waals surface area contributed by atoms with Crippen LogP contribution >= 0.6 is 0 Å². The Morgan fingerprint density at radius 2 is 2.42 bits per heavy atom. The van der Waals surface area contributed by atoms with E-state index in [0.717, 1.165) is 13.1 Å². The highest BCUT2D eigenvalue weighted by molar-refractivity contribution is 5.87. The molecule has 0 amide bonds. The third kappa shape index (κ3) is 0.670. The molecule has 3 rings (SSSR count). The van der Waals surface area contributed by atoms with Crippen LogP contribution in [0.1, 0.15) is 17.0 Å². The van der Waals surface area contributed by atoms with Crippen molar-refractivity contribution in [2.24, 2.45) is 4.99 Å². The van der Waals surface area contributed by atoms with Crippen LogP contribution in [0.25, 0.3) is 0 Å². The van der Waals surface area contributed by atoms with Crippen LogP contribution in [-0.4, -0.2) is 19.3 Å². The average molecular weight is 158 g/mol. The van der Waals surface area contributed by atoms with Crippen LogP contribution in [0.3, 0.4) is 0 Å². The number of benzene rings is 1. The Labute approximate surface area is 71.3 Å². The number of hydrogen-bond donors (Lipinski definition) is 1. The van der Waals surface area contributed by atoms with Gasteiger partial charge in [0.25, 0.3) is 0 Å². The quantitative estimate of drug-likeness (QED) is 0.609. The van der Waals surface area contributed by atoms with E-state index < -0.39 is 0 Å². The smallest absolute Gasteiger partial charge is 0.0476 e. The first-order chi connectivity index (χ1) is 5.95. The summed E-state index contributed by atoms with van der Waals surface area (Å²) in [7, 11) is 0. The van der Waals surface area contributed by atoms with Crippen molar-refractivity contribution >= 4 is 11.9 Å². The fraction of sp³-hybridized carbons (Fsp3) is 0.300. The van der Waals surface area contributed by atoms with Crippen LogP contribution in [-0.2, 0) is 0 Å². The standard InChI is InChI=1S/C10H10N2/c1-2-7-4-11-5-8-6-12-9(3-1)10(7)8/h1-4,8,12H,5-6H2. The van der Waals surface area contributed by atoms with Gasteiger partial charge in [-0.2, -0.15) is 0 Å². The maximum atomic E-state index is 4.34. The molecular formula is C10H10N2. The van der Waals surface area contributed by atoms with Gasteiger partial charge < -0.3 is 5.32 Å². The Hall–Kier alpha value is -1.31. The zero-order valence-corrected chi connectivity index (χ0v) is 6.75. The summed E-state index contributed by atoms with van der Waals surface area (Å²) in [5, 5.41) is 3.40. The van der Waals surface area contributed by atoms with E-state index in [4.69, 9.17) is 0 Å². The van der Waals surface area contributed by atoms with Crippen molar-refractivity contribution in [2.75, 3.05) is 18.4 Å². The van der Waals surface area contributed by atoms with Gasteiger partial charge in [0, 0.05) is 30.9 Å². The van der Waals surface area contributed by atoms with Crippen molar-refractivity contribution in [2.45, 2.75) is 5.92 Å². The molecule has 2 aliphatic rings. The lowest BCUT2D eigenvalue weighted by molar-refractivity contribution is 0.759. The lowest BCUT2D eigenvalue weighted by atomic mass is 9.94. The van der Waals surface area contributed by atoms with Gasteiger partial charge in [-0.25, -0.2) is 0 Å². The van der Waals surface area contributed by atoms with Gasteiger partial charge in [0.2, 0.25) is 0 Å². The zero-order chi connectivity index (χ0) is 7.97. The van der Waals surface area contributed by atoms with E-state index in [2.05, 4.69) is 28.5 Å². The largest absolute Gasteiger partial charge is 0.384 e. The summed E-state index contributed by atoms with van der Waals surface area (Å²) in [6.45, 7) is 2.01. The summed E-state index contributed by atoms with van der Waals surface area (Å²) >= 11 is 0. The molecule has 60 valence electrons. The van der Waals surface area contributed by atoms with Gasteiger partial charge in [0.15, 0.2) is 0 Å². The Kier molecular flexibility index (Phi) is 1.09. The molecule has 0 aromatic heterocycles. The molecule has 0 fully saturated rings. The highest BCUT2D eigenvalue weighted by Crippen LogP contribution is 2.35. The van der Waals surface area contributed by atoms with Crippen LogP contribution in [0.4, 0.5) is 5.69 Å². The van der Waals surface area contributed by atoms with Crippen LogP contribution in [0, 0.1) is 0 Å². The molecule has 1 aromatic carbocycles. The molecule has 1 N–H and O–H groups in total. The molecule has 0 spiro atoms. The molecule has 0 radical (unpaired) electrons. The van der Waals surface area contributed by atoms with Crippen molar-refractivity contribution in [1.82, 2.24) is 0 Å². The fourth-order valence-electron chi connectivity index (χ4n) is 2.07. The second kappa shape index (κ2) is 2.09. The molecule has 0 aliphatic carbocycles. The van der Waals surface area contributed by atoms with Gasteiger partial charge >= 0.3 is 0 Å². The number of nitrogens with zero attached hydrogens (tertiary/aromatic N) is 1. The topological polar surface area (TPSA) is 24.4 Å². The van der Waals surface area contributed by atoms with Gasteiger partial charge in [-0.3, -0.25) is 4.99 Å². The van der Waals surface area contributed by atoms with Crippen LogP contribution in [0.2, 0.25) is 0 Å². The molecule has 0 bridgehead atoms. The van der Waals surface area contributed by atoms with Gasteiger partial charge in [0.05, 0.1) is 0 Å². The maximum absolute atomic E-state index is 4.34. The minimum Gasteiger partial charge on any atom is -0.384 e. The van der Waals surface area contributed by atoms with Crippen molar-refractivity contribution in [3.05, 3.63) is 29.3 Å². The molecule has 2 heterocycles. The summed E-state index contributed by atoms with van der Waals surface area (Å²) in [6.07, 6.45) is 1.99. The molecule has 0 saturated heterocycles. The van der Waals surface area contributed by atoms with E-state index in [1.165, 1.54) is 16.8 Å². The molecular weight excluding hydrogens is 148 g/mol. The Morgan fingerprint density at radius 1 is 1.42 bits per heavy atom. The lowest BCUT2D eigenvalue weighted by Crippen LogP contribution is -2.10. The predicted molar refractivity (Wildman–Crippen MR) is 50.1 cm³/mol. The maximum Gasteiger partial charge on any atom is 0.0476 e. The first-order valence-corrected chi connectivity index (χ1v) is 4.32. The molecule has 2 heteroatoms. The molecule has 12 heavy (non-hydrogen) atoms. The summed E-state index contributed by atoms with van der Waals surface area (Å²) in [4.78, 5) is 4.34. The summed E-state index contributed by atoms with van der Waals surface area (Å²) < 4.78 is 0. The van der Waals surface area contributed by atoms with Crippen molar-refractivity contribution in [3.8, 4) is 0 Å². The monoisotopic (exact) mass is 158 g/mol. The van der Waals surface area contributed by atoms with Crippen molar-refractivity contribution < 1.29 is 0 Å². The van der Waals surface area contributed by atoms with E-state index in [9.17, 15) is 0 Å². The lowest BCUT2D eigenvalue weighted by Gasteiger charge is -2.13. The molecule has 1 aromatic rings. The first-order valence-electron chi connectivity index (χ1n) is 4.32. The van der Waals surface area contributed by atoms with Crippen LogP contribution in [0.5, 0.6) is 0 Å². The minimum absolute atomic E-state index is 0.626. The van der Waals surface area contributed by atoms with Crippen LogP contribution in [0.15, 0.2) is 23.2 Å². The number of anilines is 1. The normalized spacial score (nSPS) is 23.5. The van der Waals surface area contributed by atoms with E-state index in [1.807, 2.05) is 6.21 Å². The summed E-state index contributed by atoms with van der Waals surface area (Å²) in [5.41, 5.74) is 4.09. The minimum atomic E-state index is 0.626. The Bertz CT molecular complexity index is 355. The fourth-order valence-corrected chi connectivity index (χ4v) is 2.07. The average Bonchev–Trinajstić information content (AvgIpc) is 2.52. The zero-order valence-electron chi connectivity index (χ0n) is 6.75. The Morgan fingerprint density at radius 3 is 3.42 bits per heavy atom. The van der Waals surface area contributed by atoms with Crippen molar-refractivity contribution in [3.63, 3.8) is 0 Å². The van der Waals surface area contributed by atoms with Gasteiger partial charge in [-0.1, -0.05) is 12.1 Å². The second-order valence-electron chi connectivity index (χ2n) is 3.38. The highest BCUT2D eigenvalue weighted by atomic mass is 14.9. The van der Waals surface area contributed by atoms with Gasteiger partial charge in [0.1, 0.15) is 0 Å². The molecule has 0 saturated carbocycles. The third-order valence-electron chi connectivity index (χ3n) is 2.64. The summed E-state index contributed by atoms with van der Waals surface area (Å²) in [5.74, 6) is 0.626. The number of rotatable bonds is 0. The number of nitrogens with one attached hydrogen (secondary N) is 1. The molecule has 2 nitrogen and oxygen atoms in total. The highest BCUT2D eigenvalue weighted by Gasteiger charge is 2.25. The van der Waals surface area contributed by atoms with E-state index in [0.29, 0.717) is 5.92 Å². The van der Waals surface area contributed by atoms with Crippen LogP contribution < -0.4 is 5.32 Å². The van der Waals surface area contributed by atoms with Crippen molar-refractivity contribution in [1.29, 1.82) is 0 Å². The van der Waals surface area contributed by atoms with Gasteiger partial charge in [-0.05, 0) is 17.2 Å². The van der Waals surface area contributed by atoms with E-state index >= 15 is 0 Å². The molecule has 2 aliphatic heterocycles. The first kappa shape index (κ1) is 6.23. The third-order valence-corrected chi connectivity index (χ3v) is 2.64. The SMILES string of the molecule is C1=NCC2CNc3cccc1c32. The second-order valence-corrected chi connectivity index (χ2v) is 3.38. The van der Waals surface area contributed by atoms with E-state index in [-0.39, 0.29) is 0 Å². The predicted octanol–water partition coefficient (Wildman–Crippen LogP) is 1.63. The number of aliphatic imine (C=N–C) groups is 1. The molecule has 1 unspecified atom stereocenters. The molecule has 1 atom stereocenters.